The Morgan fingerprint density at radius 3 is 1.85 bits per heavy atom. The van der Waals surface area contributed by atoms with Gasteiger partial charge >= 0.3 is 0 Å². The van der Waals surface area contributed by atoms with Crippen LogP contribution in [0, 0.1) is 29.9 Å². The summed E-state index contributed by atoms with van der Waals surface area (Å²) < 4.78 is 0. The van der Waals surface area contributed by atoms with Gasteiger partial charge in [-0.05, 0) is 54.7 Å². The van der Waals surface area contributed by atoms with Crippen LogP contribution in [-0.4, -0.2) is 76.5 Å². The molecule has 0 spiro atoms. The molecule has 0 bridgehead atoms. The second-order valence-electron chi connectivity index (χ2n) is 10.9. The smallest absolute Gasteiger partial charge is 0.269 e. The zero-order valence-corrected chi connectivity index (χ0v) is 27.9. The molecule has 0 fully saturated rings. The number of non-ortho nitro benzene ring substituents is 1. The lowest BCUT2D eigenvalue weighted by Crippen LogP contribution is -2.56. The van der Waals surface area contributed by atoms with Gasteiger partial charge in [-0.15, -0.1) is 0 Å². The fourth-order valence-corrected chi connectivity index (χ4v) is 5.11. The van der Waals surface area contributed by atoms with Crippen molar-refractivity contribution < 1.29 is 33.7 Å². The van der Waals surface area contributed by atoms with Crippen molar-refractivity contribution in [3.8, 4) is 0 Å². The van der Waals surface area contributed by atoms with Gasteiger partial charge in [0.25, 0.3) is 5.69 Å². The number of primary amides is 2. The van der Waals surface area contributed by atoms with E-state index in [0.717, 1.165) is 16.7 Å². The Bertz CT molecular complexity index is 1500. The summed E-state index contributed by atoms with van der Waals surface area (Å²) >= 11 is 8.16. The van der Waals surface area contributed by atoms with Gasteiger partial charge in [-0.3, -0.25) is 38.9 Å². The first-order valence-corrected chi connectivity index (χ1v) is 15.7. The van der Waals surface area contributed by atoms with Crippen molar-refractivity contribution in [2.75, 3.05) is 18.1 Å². The van der Waals surface area contributed by atoms with E-state index in [-0.39, 0.29) is 23.6 Å². The second kappa shape index (κ2) is 17.9. The molecule has 0 aliphatic rings. The van der Waals surface area contributed by atoms with Gasteiger partial charge < -0.3 is 32.7 Å². The highest BCUT2D eigenvalue weighted by atomic mass is 32.1. The van der Waals surface area contributed by atoms with Crippen molar-refractivity contribution in [1.82, 2.24) is 21.3 Å². The monoisotopic (exact) mass is 689 g/mol. The molecule has 2 rings (SSSR count). The molecule has 0 unspecified atom stereocenters. The molecule has 0 radical (unpaired) electrons. The Labute approximate surface area is 282 Å². The fraction of sp³-hybridized carbons (Fsp3) is 0.400. The summed E-state index contributed by atoms with van der Waals surface area (Å²) in [6.45, 7) is 4.73. The number of aryl methyl sites for hydroxylation is 2. The molecule has 0 aliphatic carbocycles. The highest BCUT2D eigenvalue weighted by Gasteiger charge is 2.27. The molecule has 47 heavy (non-hydrogen) atoms. The molecule has 17 heteroatoms. The van der Waals surface area contributed by atoms with Crippen molar-refractivity contribution in [1.29, 1.82) is 0 Å². The van der Waals surface area contributed by atoms with Crippen LogP contribution in [0.2, 0.25) is 0 Å². The molecule has 4 atom stereocenters. The van der Waals surface area contributed by atoms with Crippen molar-refractivity contribution in [2.45, 2.75) is 51.7 Å². The van der Waals surface area contributed by atoms with Crippen LogP contribution in [0.25, 0.3) is 0 Å². The molecular weight excluding hydrogens is 651 g/mol. The van der Waals surface area contributed by atoms with E-state index < -0.39 is 71.0 Å². The summed E-state index contributed by atoms with van der Waals surface area (Å²) in [6.07, 6.45) is 0.215. The molecule has 0 heterocycles. The zero-order valence-electron chi connectivity index (χ0n) is 26.1. The number of nitrogens with zero attached hydrogens (tertiary/aromatic N) is 1. The Balaban J connectivity index is 2.05. The number of carbonyl (C=O) groups excluding carboxylic acids is 6. The Morgan fingerprint density at radius 1 is 0.809 bits per heavy atom. The van der Waals surface area contributed by atoms with Crippen LogP contribution >= 0.6 is 25.3 Å². The molecular formula is C30H39N7O8S2. The third-order valence-electron chi connectivity index (χ3n) is 7.26. The first-order chi connectivity index (χ1) is 22.1. The standard InChI is InChI=1S/C30H39N7O8S2/c1-15-8-19(26(31)39)9-16(2)21(15)10-17(3)28(41)36-24(14-47)29(42)33-12-25(38)34-22(30(43)35-23(13-46)27(32)40)11-18-4-6-20(7-5-18)37(44)45/h4-9,17,22-24,46-47H,10-14H2,1-3H3,(H2,31,39)(H2,32,40)(H,33,42)(H,34,38)(H,35,43)(H,36,41)/t17-,22-,23+,24+/m0/s1. The topological polar surface area (TPSA) is 246 Å². The van der Waals surface area contributed by atoms with E-state index in [0.29, 0.717) is 17.5 Å². The second-order valence-corrected chi connectivity index (χ2v) is 11.6. The van der Waals surface area contributed by atoms with E-state index in [9.17, 15) is 38.9 Å². The summed E-state index contributed by atoms with van der Waals surface area (Å²) in [5.74, 6) is -4.84. The molecule has 0 saturated carbocycles. The van der Waals surface area contributed by atoms with Gasteiger partial charge in [0.1, 0.15) is 18.1 Å². The van der Waals surface area contributed by atoms with Crippen molar-refractivity contribution in [3.63, 3.8) is 0 Å². The lowest BCUT2D eigenvalue weighted by Gasteiger charge is -2.22. The van der Waals surface area contributed by atoms with Crippen LogP contribution in [-0.2, 0) is 36.8 Å². The van der Waals surface area contributed by atoms with Crippen LogP contribution in [0.1, 0.15) is 39.5 Å². The minimum absolute atomic E-state index is 0.0827. The van der Waals surface area contributed by atoms with Gasteiger partial charge in [0.15, 0.2) is 0 Å². The molecule has 2 aromatic rings. The van der Waals surface area contributed by atoms with Crippen LogP contribution in [0.15, 0.2) is 36.4 Å². The zero-order chi connectivity index (χ0) is 35.4. The quantitative estimate of drug-likeness (QED) is 0.0618. The highest BCUT2D eigenvalue weighted by molar-refractivity contribution is 7.80. The van der Waals surface area contributed by atoms with Gasteiger partial charge in [0.05, 0.1) is 11.5 Å². The fourth-order valence-electron chi connectivity index (χ4n) is 4.58. The molecule has 6 amide bonds. The maximum Gasteiger partial charge on any atom is 0.269 e. The van der Waals surface area contributed by atoms with Crippen LogP contribution in [0.3, 0.4) is 0 Å². The van der Waals surface area contributed by atoms with E-state index in [4.69, 9.17) is 11.5 Å². The molecule has 254 valence electrons. The molecule has 2 aromatic carbocycles. The number of amides is 6. The largest absolute Gasteiger partial charge is 0.368 e. The molecule has 0 saturated heterocycles. The summed E-state index contributed by atoms with van der Waals surface area (Å²) in [5, 5.41) is 20.9. The van der Waals surface area contributed by atoms with Crippen molar-refractivity contribution >= 4 is 66.4 Å². The maximum atomic E-state index is 13.0. The SMILES string of the molecule is Cc1cc(C(N)=O)cc(C)c1C[C@H](C)C(=O)N[C@H](CS)C(=O)NCC(=O)N[C@@H](Cc1ccc([N+](=O)[O-])cc1)C(=O)N[C@H](CS)C(N)=O. The highest BCUT2D eigenvalue weighted by Crippen LogP contribution is 2.21. The molecule has 0 aliphatic heterocycles. The average Bonchev–Trinajstić information content (AvgIpc) is 3.02. The summed E-state index contributed by atoms with van der Waals surface area (Å²) in [6, 6.07) is 5.13. The number of nitro groups is 1. The minimum atomic E-state index is -1.26. The third-order valence-corrected chi connectivity index (χ3v) is 7.99. The number of carbonyl (C=O) groups is 6. The number of thiol groups is 2. The number of hydrogen-bond acceptors (Lipinski definition) is 10. The first kappa shape index (κ1) is 38.5. The summed E-state index contributed by atoms with van der Waals surface area (Å²) in [5.41, 5.74) is 13.8. The molecule has 8 N–H and O–H groups in total. The summed E-state index contributed by atoms with van der Waals surface area (Å²) in [7, 11) is 0. The van der Waals surface area contributed by atoms with Crippen molar-refractivity contribution in [2.24, 2.45) is 17.4 Å². The normalized spacial score (nSPS) is 13.3. The minimum Gasteiger partial charge on any atom is -0.368 e. The average molecular weight is 690 g/mol. The van der Waals surface area contributed by atoms with E-state index in [1.165, 1.54) is 24.3 Å². The Kier molecular flexibility index (Phi) is 14.7. The van der Waals surface area contributed by atoms with Crippen molar-refractivity contribution in [3.05, 3.63) is 74.3 Å². The van der Waals surface area contributed by atoms with Gasteiger partial charge in [0.2, 0.25) is 35.4 Å². The van der Waals surface area contributed by atoms with E-state index in [1.807, 2.05) is 13.8 Å². The Morgan fingerprint density at radius 2 is 1.36 bits per heavy atom. The number of nitro benzene ring substituents is 1. The number of hydrogen-bond donors (Lipinski definition) is 8. The van der Waals surface area contributed by atoms with E-state index in [2.05, 4.69) is 46.5 Å². The Hall–Kier alpha value is -4.64. The van der Waals surface area contributed by atoms with E-state index in [1.54, 1.807) is 19.1 Å². The van der Waals surface area contributed by atoms with Crippen LogP contribution in [0.4, 0.5) is 5.69 Å². The third kappa shape index (κ3) is 11.6. The lowest BCUT2D eigenvalue weighted by molar-refractivity contribution is -0.384. The maximum absolute atomic E-state index is 13.0. The molecule has 0 aromatic heterocycles. The summed E-state index contributed by atoms with van der Waals surface area (Å²) in [4.78, 5) is 85.2. The number of nitrogens with one attached hydrogen (secondary N) is 4. The van der Waals surface area contributed by atoms with Gasteiger partial charge in [0, 0.05) is 41.5 Å². The van der Waals surface area contributed by atoms with Crippen LogP contribution < -0.4 is 32.7 Å². The molecule has 15 nitrogen and oxygen atoms in total. The predicted octanol–water partition coefficient (Wildman–Crippen LogP) is -0.353. The van der Waals surface area contributed by atoms with Gasteiger partial charge in [-0.25, -0.2) is 0 Å². The van der Waals surface area contributed by atoms with Crippen LogP contribution in [0.5, 0.6) is 0 Å². The van der Waals surface area contributed by atoms with Gasteiger partial charge in [-0.2, -0.15) is 25.3 Å². The van der Waals surface area contributed by atoms with Gasteiger partial charge in [-0.1, -0.05) is 19.1 Å². The number of nitrogens with two attached hydrogens (primary N) is 2. The first-order valence-electron chi connectivity index (χ1n) is 14.4. The van der Waals surface area contributed by atoms with E-state index >= 15 is 0 Å². The lowest BCUT2D eigenvalue weighted by atomic mass is 9.91. The number of rotatable bonds is 17. The number of benzene rings is 2. The predicted molar refractivity (Wildman–Crippen MR) is 180 cm³/mol.